The van der Waals surface area contributed by atoms with Crippen LogP contribution in [0.15, 0.2) is 101 Å². The molecule has 3 aromatic carbocycles. The molecule has 19 heteroatoms. The molecule has 0 atom stereocenters. The zero-order valence-corrected chi connectivity index (χ0v) is 32.8. The average molecular weight is 823 g/mol. The van der Waals surface area contributed by atoms with E-state index in [0.717, 1.165) is 16.8 Å². The van der Waals surface area contributed by atoms with Crippen LogP contribution in [0, 0.1) is 6.57 Å². The summed E-state index contributed by atoms with van der Waals surface area (Å²) in [5.41, 5.74) is -0.744. The Kier molecular flexibility index (Phi) is 12.9. The van der Waals surface area contributed by atoms with Crippen LogP contribution in [0.4, 0.5) is 23.7 Å². The maximum Gasteiger partial charge on any atom is 0.416 e. The van der Waals surface area contributed by atoms with E-state index in [2.05, 4.69) is 15.3 Å². The van der Waals surface area contributed by atoms with Crippen LogP contribution in [0.25, 0.3) is 27.6 Å². The maximum absolute atomic E-state index is 14.1. The second-order valence-corrected chi connectivity index (χ2v) is 15.7. The number of quaternary nitrogens is 1. The molecule has 0 aliphatic carbocycles. The number of piperidine rings is 1. The number of likely N-dealkylation sites (N-methyl/N-ethyl adjacent to an activating group) is 1. The monoisotopic (exact) mass is 822 g/mol. The van der Waals surface area contributed by atoms with E-state index in [4.69, 9.17) is 11.3 Å². The molecule has 1 N–H and O–H groups in total. The summed E-state index contributed by atoms with van der Waals surface area (Å²) in [6, 6.07) is 19.2. The molecule has 2 aromatic heterocycles. The Morgan fingerprint density at radius 2 is 1.64 bits per heavy atom. The predicted molar refractivity (Wildman–Crippen MR) is 206 cm³/mol. The van der Waals surface area contributed by atoms with Crippen LogP contribution >= 0.6 is 0 Å². The van der Waals surface area contributed by atoms with Gasteiger partial charge in [0.1, 0.15) is 34.5 Å². The fourth-order valence-electron chi connectivity index (χ4n) is 6.11. The molecule has 1 fully saturated rings. The molecular weight excluding hydrogens is 782 g/mol. The van der Waals surface area contributed by atoms with Crippen molar-refractivity contribution in [2.24, 2.45) is 7.05 Å². The quantitative estimate of drug-likeness (QED) is 0.120. The van der Waals surface area contributed by atoms with Crippen molar-refractivity contribution < 1.29 is 45.0 Å². The topological polar surface area (TPSA) is 165 Å². The second-order valence-electron chi connectivity index (χ2n) is 14.3. The molecule has 58 heavy (non-hydrogen) atoms. The third-order valence-electron chi connectivity index (χ3n) is 9.13. The second kappa shape index (κ2) is 17.5. The summed E-state index contributed by atoms with van der Waals surface area (Å²) >= 11 is 0. The van der Waals surface area contributed by atoms with E-state index in [1.54, 1.807) is 41.3 Å². The normalized spacial score (nSPS) is 13.6. The number of halogens is 3. The van der Waals surface area contributed by atoms with Gasteiger partial charge in [-0.15, -0.1) is 0 Å². The third-order valence-corrected chi connectivity index (χ3v) is 9.98. The predicted octanol–water partition coefficient (Wildman–Crippen LogP) is 5.23. The first-order valence-electron chi connectivity index (χ1n) is 17.8. The lowest BCUT2D eigenvalue weighted by Crippen LogP contribution is -2.47. The van der Waals surface area contributed by atoms with Gasteiger partial charge in [-0.05, 0) is 61.4 Å². The van der Waals surface area contributed by atoms with Gasteiger partial charge in [-0.1, -0.05) is 36.4 Å². The zero-order valence-electron chi connectivity index (χ0n) is 32.0. The van der Waals surface area contributed by atoms with E-state index < -0.39 is 39.4 Å². The average Bonchev–Trinajstić information content (AvgIpc) is 3.76. The standard InChI is InChI=1S/C33H35F3N8O4.C6H6O3S/c1-37-23-9-11-25(12-10-23)42-27(13-16-38-42)29-28(31(46)43(40(29)2)26-8-6-7-22(21-26)33(34,35)36)30(45)39-24-14-17-41(18-15-24)32(47)48-20-19-44(3,4)5;7-10(8,9)6-4-2-1-3-5-6/h6-13,16,21,24H,14-15,17-20H2,2-5H3;1-5H,(H,7,8,9). The summed E-state index contributed by atoms with van der Waals surface area (Å²) in [5.74, 6) is -0.712. The lowest BCUT2D eigenvalue weighted by atomic mass is 10.0. The highest BCUT2D eigenvalue weighted by Gasteiger charge is 2.34. The summed E-state index contributed by atoms with van der Waals surface area (Å²) in [6.07, 6.45) is -2.80. The minimum atomic E-state index is -4.66. The molecule has 0 unspecified atom stereocenters. The van der Waals surface area contributed by atoms with E-state index in [9.17, 15) is 40.5 Å². The summed E-state index contributed by atoms with van der Waals surface area (Å²) in [7, 11) is 3.22. The van der Waals surface area contributed by atoms with Gasteiger partial charge in [0.2, 0.25) is 0 Å². The number of rotatable bonds is 9. The van der Waals surface area contributed by atoms with Crippen molar-refractivity contribution in [3.63, 3.8) is 0 Å². The molecule has 306 valence electrons. The van der Waals surface area contributed by atoms with Gasteiger partial charge in [0, 0.05) is 26.2 Å². The molecule has 6 rings (SSSR count). The van der Waals surface area contributed by atoms with Crippen LogP contribution in [-0.2, 0) is 28.1 Å². The highest BCUT2D eigenvalue weighted by atomic mass is 32.2. The first kappa shape index (κ1) is 42.9. The Labute approximate surface area is 332 Å². The van der Waals surface area contributed by atoms with Crippen LogP contribution in [0.5, 0.6) is 0 Å². The molecule has 5 aromatic rings. The summed E-state index contributed by atoms with van der Waals surface area (Å²) < 4.78 is 81.6. The molecule has 1 aliphatic heterocycles. The Bertz CT molecular complexity index is 2460. The zero-order chi connectivity index (χ0) is 42.4. The van der Waals surface area contributed by atoms with Crippen molar-refractivity contribution in [1.82, 2.24) is 29.4 Å². The number of nitrogens with one attached hydrogen (secondary N) is 1. The number of benzene rings is 3. The number of aromatic nitrogens is 4. The Hall–Kier alpha value is -6.23. The number of alkyl halides is 3. The number of carbonyl (C=O) groups excluding carboxylic acids is 2. The molecule has 0 spiro atoms. The molecule has 1 aliphatic rings. The Morgan fingerprint density at radius 3 is 2.21 bits per heavy atom. The molecular formula is C39H41F3N8O7S. The lowest BCUT2D eigenvalue weighted by Gasteiger charge is -2.32. The number of hydrogen-bond acceptors (Lipinski definition) is 8. The van der Waals surface area contributed by atoms with Gasteiger partial charge < -0.3 is 24.0 Å². The Morgan fingerprint density at radius 1 is 0.983 bits per heavy atom. The molecule has 0 saturated carbocycles. The first-order chi connectivity index (χ1) is 27.3. The molecule has 15 nitrogen and oxygen atoms in total. The summed E-state index contributed by atoms with van der Waals surface area (Å²) in [5, 5.41) is 7.29. The highest BCUT2D eigenvalue weighted by molar-refractivity contribution is 7.85. The smallest absolute Gasteiger partial charge is 0.416 e. The number of nitrogens with zero attached hydrogens (tertiary/aromatic N) is 7. The molecule has 2 amide bonds. The fourth-order valence-corrected chi connectivity index (χ4v) is 6.60. The van der Waals surface area contributed by atoms with Crippen molar-refractivity contribution in [1.29, 1.82) is 0 Å². The van der Waals surface area contributed by atoms with Crippen LogP contribution in [0.3, 0.4) is 0 Å². The summed E-state index contributed by atoms with van der Waals surface area (Å²) in [6.45, 7) is 8.82. The van der Waals surface area contributed by atoms with Gasteiger partial charge in [-0.25, -0.2) is 27.4 Å². The van der Waals surface area contributed by atoms with E-state index in [1.165, 1.54) is 59.0 Å². The van der Waals surface area contributed by atoms with Crippen molar-refractivity contribution in [2.45, 2.75) is 30.0 Å². The molecule has 0 bridgehead atoms. The fraction of sp³-hybridized carbons (Fsp3) is 0.308. The van der Waals surface area contributed by atoms with E-state index >= 15 is 0 Å². The third kappa shape index (κ3) is 10.4. The van der Waals surface area contributed by atoms with Crippen molar-refractivity contribution in [3.05, 3.63) is 124 Å². The SMILES string of the molecule is O=S(=O)([O-])c1ccccc1.[C-]#[N+]c1ccc(-n2nccc2-c2c(C(=O)NC3CCN(C(=O)OCC[N+](C)(C)C)CC3)c(=O)n(-c3cccc(C(F)(F)F)c3)n2C)cc1. The van der Waals surface area contributed by atoms with Gasteiger partial charge >= 0.3 is 12.3 Å². The van der Waals surface area contributed by atoms with Crippen molar-refractivity contribution in [2.75, 3.05) is 47.4 Å². The largest absolute Gasteiger partial charge is 0.744 e. The number of likely N-dealkylation sites (tertiary alicyclic amines) is 1. The minimum absolute atomic E-state index is 0.0813. The minimum Gasteiger partial charge on any atom is -0.744 e. The van der Waals surface area contributed by atoms with Crippen molar-refractivity contribution >= 4 is 27.8 Å². The van der Waals surface area contributed by atoms with Crippen LogP contribution < -0.4 is 10.9 Å². The van der Waals surface area contributed by atoms with Crippen LogP contribution in [0.1, 0.15) is 28.8 Å². The van der Waals surface area contributed by atoms with Crippen LogP contribution in [-0.4, -0.2) is 107 Å². The number of hydrogen-bond donors (Lipinski definition) is 1. The first-order valence-corrected chi connectivity index (χ1v) is 19.2. The molecule has 3 heterocycles. The molecule has 1 saturated heterocycles. The van der Waals surface area contributed by atoms with Gasteiger partial charge in [0.25, 0.3) is 11.5 Å². The van der Waals surface area contributed by atoms with Crippen molar-refractivity contribution in [3.8, 4) is 22.8 Å². The summed E-state index contributed by atoms with van der Waals surface area (Å²) in [4.78, 5) is 45.4. The highest BCUT2D eigenvalue weighted by Crippen LogP contribution is 2.32. The van der Waals surface area contributed by atoms with Gasteiger partial charge in [-0.3, -0.25) is 14.3 Å². The lowest BCUT2D eigenvalue weighted by molar-refractivity contribution is -0.870. The van der Waals surface area contributed by atoms with E-state index in [1.807, 2.05) is 21.1 Å². The van der Waals surface area contributed by atoms with Gasteiger partial charge in [0.15, 0.2) is 5.69 Å². The van der Waals surface area contributed by atoms with Gasteiger partial charge in [-0.2, -0.15) is 18.3 Å². The number of amides is 2. The Balaban J connectivity index is 0.000000559. The molecule has 0 radical (unpaired) electrons. The van der Waals surface area contributed by atoms with E-state index in [-0.39, 0.29) is 34.5 Å². The van der Waals surface area contributed by atoms with Crippen LogP contribution in [0.2, 0.25) is 0 Å². The van der Waals surface area contributed by atoms with Gasteiger partial charge in [0.05, 0.1) is 61.4 Å². The number of ether oxygens (including phenoxy) is 1. The number of carbonyl (C=O) groups is 2. The maximum atomic E-state index is 14.1. The van der Waals surface area contributed by atoms with E-state index in [0.29, 0.717) is 54.0 Å².